The molecule has 1 saturated heterocycles. The average Bonchev–Trinajstić information content (AvgIpc) is 3.42. The van der Waals surface area contributed by atoms with Crippen molar-refractivity contribution in [1.29, 1.82) is 0 Å². The van der Waals surface area contributed by atoms with Gasteiger partial charge in [-0.3, -0.25) is 4.79 Å². The number of carbonyl (C=O) groups is 1. The maximum atomic E-state index is 15.5. The van der Waals surface area contributed by atoms with E-state index in [1.165, 1.54) is 21.6 Å². The van der Waals surface area contributed by atoms with E-state index >= 15 is 4.39 Å². The maximum Gasteiger partial charge on any atom is 0.407 e. The molecule has 1 saturated carbocycles. The molecule has 2 aliphatic rings. The molecule has 2 heterocycles. The third-order valence-corrected chi connectivity index (χ3v) is 8.41. The second-order valence-corrected chi connectivity index (χ2v) is 13.0. The molecule has 1 aromatic carbocycles. The first kappa shape index (κ1) is 25.5. The third kappa shape index (κ3) is 4.52. The number of nitrogens with zero attached hydrogens (tertiary/aromatic N) is 3. The number of amides is 1. The number of halogens is 1. The Balaban J connectivity index is 1.78. The number of hydrogen-bond acceptors (Lipinski definition) is 5. The van der Waals surface area contributed by atoms with Crippen molar-refractivity contribution < 1.29 is 22.7 Å². The van der Waals surface area contributed by atoms with Crippen molar-refractivity contribution in [3.05, 3.63) is 33.9 Å². The van der Waals surface area contributed by atoms with Crippen molar-refractivity contribution in [3.63, 3.8) is 0 Å². The molecule has 10 heteroatoms. The molecule has 192 valence electrons. The Morgan fingerprint density at radius 2 is 1.86 bits per heavy atom. The van der Waals surface area contributed by atoms with Crippen LogP contribution in [0.25, 0.3) is 10.9 Å². The van der Waals surface area contributed by atoms with Crippen molar-refractivity contribution in [3.8, 4) is 0 Å². The molecule has 1 unspecified atom stereocenters. The summed E-state index contributed by atoms with van der Waals surface area (Å²) in [5.41, 5.74) is 0.437. The van der Waals surface area contributed by atoms with E-state index in [1.54, 1.807) is 6.92 Å². The molecule has 1 aliphatic heterocycles. The van der Waals surface area contributed by atoms with E-state index in [0.717, 1.165) is 19.1 Å². The Hall–Kier alpha value is -2.62. The van der Waals surface area contributed by atoms with Crippen molar-refractivity contribution in [1.82, 2.24) is 9.47 Å². The first-order valence-corrected chi connectivity index (χ1v) is 13.9. The highest BCUT2D eigenvalue weighted by Gasteiger charge is 2.39. The van der Waals surface area contributed by atoms with E-state index < -0.39 is 32.8 Å². The number of fused-ring (bicyclic) bond motifs is 1. The summed E-state index contributed by atoms with van der Waals surface area (Å²) in [5, 5.41) is 10.2. The Morgan fingerprint density at radius 1 is 1.23 bits per heavy atom. The molecular weight excluding hydrogens is 473 g/mol. The van der Waals surface area contributed by atoms with Gasteiger partial charge in [-0.25, -0.2) is 17.6 Å². The monoisotopic (exact) mass is 507 g/mol. The zero-order valence-corrected chi connectivity index (χ0v) is 21.9. The van der Waals surface area contributed by atoms with Crippen LogP contribution >= 0.6 is 0 Å². The van der Waals surface area contributed by atoms with Crippen LogP contribution in [0.3, 0.4) is 0 Å². The number of anilines is 1. The molecule has 35 heavy (non-hydrogen) atoms. The number of aryl methyl sites for hydroxylation is 1. The average molecular weight is 508 g/mol. The van der Waals surface area contributed by atoms with E-state index in [-0.39, 0.29) is 22.9 Å². The molecule has 1 N–H and O–H groups in total. The molecule has 2 aromatic rings. The summed E-state index contributed by atoms with van der Waals surface area (Å²) >= 11 is 0. The maximum absolute atomic E-state index is 15.5. The Labute approximate surface area is 205 Å². The molecule has 0 bridgehead atoms. The summed E-state index contributed by atoms with van der Waals surface area (Å²) in [6, 6.07) is 2.25. The molecule has 2 fully saturated rings. The topological polar surface area (TPSA) is 99.9 Å². The highest BCUT2D eigenvalue weighted by Crippen LogP contribution is 2.41. The zero-order chi connectivity index (χ0) is 26.0. The second kappa shape index (κ2) is 8.50. The number of rotatable bonds is 5. The largest absolute Gasteiger partial charge is 0.465 e. The number of sulfone groups is 1. The highest BCUT2D eigenvalue weighted by molar-refractivity contribution is 7.90. The summed E-state index contributed by atoms with van der Waals surface area (Å²) in [4.78, 5) is 28.2. The molecule has 1 amide bonds. The Kier molecular flexibility index (Phi) is 6.18. The van der Waals surface area contributed by atoms with Gasteiger partial charge in [0.25, 0.3) is 5.56 Å². The van der Waals surface area contributed by atoms with Crippen LogP contribution in [0.2, 0.25) is 0 Å². The molecule has 4 rings (SSSR count). The van der Waals surface area contributed by atoms with Crippen molar-refractivity contribution in [2.75, 3.05) is 24.2 Å². The van der Waals surface area contributed by atoms with Gasteiger partial charge in [-0.1, -0.05) is 0 Å². The van der Waals surface area contributed by atoms with Crippen LogP contribution in [0.15, 0.2) is 21.8 Å². The molecule has 2 atom stereocenters. The van der Waals surface area contributed by atoms with Gasteiger partial charge >= 0.3 is 6.09 Å². The van der Waals surface area contributed by atoms with Crippen molar-refractivity contribution in [2.45, 2.75) is 76.4 Å². The van der Waals surface area contributed by atoms with Gasteiger partial charge < -0.3 is 19.5 Å². The second-order valence-electron chi connectivity index (χ2n) is 11.0. The Bertz CT molecular complexity index is 1360. The van der Waals surface area contributed by atoms with Gasteiger partial charge in [0.2, 0.25) is 0 Å². The lowest BCUT2D eigenvalue weighted by molar-refractivity contribution is 0.0585. The number of pyridine rings is 1. The van der Waals surface area contributed by atoms with Crippen LogP contribution in [0.1, 0.15) is 58.6 Å². The van der Waals surface area contributed by atoms with Crippen LogP contribution in [-0.4, -0.2) is 60.0 Å². The van der Waals surface area contributed by atoms with Crippen LogP contribution in [-0.2, 0) is 9.84 Å². The summed E-state index contributed by atoms with van der Waals surface area (Å²) in [5.74, 6) is -0.465. The fourth-order valence-corrected chi connectivity index (χ4v) is 6.39. The summed E-state index contributed by atoms with van der Waals surface area (Å²) in [6.07, 6.45) is 2.27. The predicted molar refractivity (Wildman–Crippen MR) is 134 cm³/mol. The number of hydrogen-bond donors (Lipinski definition) is 1. The number of aromatic nitrogens is 1. The van der Waals surface area contributed by atoms with E-state index in [4.69, 9.17) is 0 Å². The highest BCUT2D eigenvalue weighted by atomic mass is 32.2. The Morgan fingerprint density at radius 3 is 2.37 bits per heavy atom. The van der Waals surface area contributed by atoms with Crippen LogP contribution < -0.4 is 10.5 Å². The van der Waals surface area contributed by atoms with Crippen LogP contribution in [0, 0.1) is 18.7 Å². The third-order valence-electron chi connectivity index (χ3n) is 7.32. The van der Waals surface area contributed by atoms with E-state index in [1.807, 2.05) is 32.6 Å². The van der Waals surface area contributed by atoms with Gasteiger partial charge in [0.15, 0.2) is 9.84 Å². The first-order chi connectivity index (χ1) is 16.1. The van der Waals surface area contributed by atoms with Crippen LogP contribution in [0.4, 0.5) is 14.9 Å². The molecular formula is C25H34FN3O5S. The quantitative estimate of drug-likeness (QED) is 0.652. The van der Waals surface area contributed by atoms with E-state index in [0.29, 0.717) is 41.7 Å². The van der Waals surface area contributed by atoms with Gasteiger partial charge in [0.1, 0.15) is 10.7 Å². The van der Waals surface area contributed by atoms with Crippen molar-refractivity contribution >= 4 is 32.5 Å². The van der Waals surface area contributed by atoms with Gasteiger partial charge in [-0.15, -0.1) is 0 Å². The standard InChI is InChI=1S/C25H34FN3O5S/c1-14-21-17(12-20(35(6,33)34)23(30)28(21)18-7-8-18)11-19(26)22(14)27-10-9-16(13-27)15(2)29(24(31)32)25(3,4)5/h11-12,15-16,18H,7-10,13H2,1-6H3,(H,31,32)/t15-,16?/m0/s1. The normalized spacial score (nSPS) is 19.9. The SMILES string of the molecule is Cc1c(N2CCC([C@H](C)N(C(=O)O)C(C)(C)C)C2)c(F)cc2cc(S(C)(=O)=O)c(=O)n(C3CC3)c12. The number of benzene rings is 1. The first-order valence-electron chi connectivity index (χ1n) is 12.0. The minimum absolute atomic E-state index is 0.0121. The van der Waals surface area contributed by atoms with Crippen molar-refractivity contribution in [2.24, 2.45) is 5.92 Å². The lowest BCUT2D eigenvalue weighted by Crippen LogP contribution is -2.53. The van der Waals surface area contributed by atoms with E-state index in [9.17, 15) is 23.1 Å². The molecule has 8 nitrogen and oxygen atoms in total. The van der Waals surface area contributed by atoms with Gasteiger partial charge in [-0.2, -0.15) is 0 Å². The summed E-state index contributed by atoms with van der Waals surface area (Å²) in [7, 11) is -3.77. The predicted octanol–water partition coefficient (Wildman–Crippen LogP) is 4.18. The minimum atomic E-state index is -3.77. The van der Waals surface area contributed by atoms with E-state index in [2.05, 4.69) is 0 Å². The smallest absolute Gasteiger partial charge is 0.407 e. The van der Waals surface area contributed by atoms with Gasteiger partial charge in [0, 0.05) is 42.4 Å². The lowest BCUT2D eigenvalue weighted by Gasteiger charge is -2.40. The van der Waals surface area contributed by atoms with Gasteiger partial charge in [0.05, 0.1) is 11.2 Å². The summed E-state index contributed by atoms with van der Waals surface area (Å²) < 4.78 is 41.6. The summed E-state index contributed by atoms with van der Waals surface area (Å²) in [6.45, 7) is 10.3. The molecule has 0 radical (unpaired) electrons. The molecule has 1 aromatic heterocycles. The minimum Gasteiger partial charge on any atom is -0.465 e. The van der Waals surface area contributed by atoms with Crippen LogP contribution in [0.5, 0.6) is 0 Å². The fourth-order valence-electron chi connectivity index (χ4n) is 5.64. The lowest BCUT2D eigenvalue weighted by atomic mass is 9.94. The zero-order valence-electron chi connectivity index (χ0n) is 21.1. The fraction of sp³-hybridized carbons (Fsp3) is 0.600. The van der Waals surface area contributed by atoms with Gasteiger partial charge in [-0.05, 0) is 77.5 Å². The molecule has 1 aliphatic carbocycles. The molecule has 0 spiro atoms. The number of carboxylic acid groups (broad SMARTS) is 1.